The summed E-state index contributed by atoms with van der Waals surface area (Å²) in [6, 6.07) is 5.63. The maximum Gasteiger partial charge on any atom is 0.251 e. The van der Waals surface area contributed by atoms with Crippen molar-refractivity contribution in [3.63, 3.8) is 0 Å². The van der Waals surface area contributed by atoms with Crippen molar-refractivity contribution in [2.75, 3.05) is 52.1 Å². The highest BCUT2D eigenvalue weighted by atomic mass is 32.2. The number of benzene rings is 1. The number of nitrogens with one attached hydrogen (secondary N) is 1. The zero-order valence-electron chi connectivity index (χ0n) is 22.1. The van der Waals surface area contributed by atoms with Crippen LogP contribution < -0.4 is 5.32 Å². The number of hydrogen-bond donors (Lipinski definition) is 1. The summed E-state index contributed by atoms with van der Waals surface area (Å²) < 4.78 is 19.7. The molecule has 5 atom stereocenters. The predicted octanol–water partition coefficient (Wildman–Crippen LogP) is 1.74. The zero-order chi connectivity index (χ0) is 27.0. The van der Waals surface area contributed by atoms with E-state index in [1.807, 2.05) is 26.0 Å². The van der Waals surface area contributed by atoms with E-state index in [0.717, 1.165) is 42.7 Å². The van der Waals surface area contributed by atoms with Crippen LogP contribution >= 0.6 is 11.8 Å². The van der Waals surface area contributed by atoms with Gasteiger partial charge in [0.2, 0.25) is 5.91 Å². The first-order chi connectivity index (χ1) is 18.2. The molecule has 2 amide bonds. The number of piperazine rings is 1. The molecule has 11 heteroatoms. The van der Waals surface area contributed by atoms with Crippen LogP contribution in [0.4, 0.5) is 4.39 Å². The molecular formula is C27H36FN5O4S. The van der Waals surface area contributed by atoms with Crippen molar-refractivity contribution in [2.24, 2.45) is 10.9 Å². The van der Waals surface area contributed by atoms with Crippen LogP contribution in [0.1, 0.15) is 42.2 Å². The third kappa shape index (κ3) is 5.60. The number of fused-ring (bicyclic) bond motifs is 1. The summed E-state index contributed by atoms with van der Waals surface area (Å²) in [6.07, 6.45) is -1.94. The fourth-order valence-corrected chi connectivity index (χ4v) is 6.66. The number of likely N-dealkylation sites (tertiary alicyclic amines) is 1. The molecule has 4 aliphatic rings. The number of ketones is 1. The number of Topliss-reactive ketones (excluding diaryl/α,β-unsaturated/α-hetero) is 1. The standard InChI is InChI=1S/C27H36FN5O4S/c1-16(2)12-20(26(36)33-13-19(28)24-23(33)22(34)14-37-24)29-25(35)18-6-4-17(5-7-18)21-15-38-27(30-21)32-10-8-31(3)9-11-32/h4-7,16,19-21,23-24H,8-15H2,1-3H3,(H,29,35)/t19-,20?,21?,23+,24+/m0/s1. The molecule has 1 aromatic carbocycles. The second kappa shape index (κ2) is 11.3. The van der Waals surface area contributed by atoms with Gasteiger partial charge >= 0.3 is 0 Å². The lowest BCUT2D eigenvalue weighted by Gasteiger charge is -2.33. The molecule has 0 spiro atoms. The van der Waals surface area contributed by atoms with Crippen molar-refractivity contribution in [3.05, 3.63) is 35.4 Å². The highest BCUT2D eigenvalue weighted by Crippen LogP contribution is 2.33. The molecule has 5 rings (SSSR count). The lowest BCUT2D eigenvalue weighted by atomic mass is 10.0. The largest absolute Gasteiger partial charge is 0.365 e. The number of ether oxygens (including phenoxy) is 1. The Morgan fingerprint density at radius 2 is 1.89 bits per heavy atom. The summed E-state index contributed by atoms with van der Waals surface area (Å²) in [5.41, 5.74) is 1.48. The van der Waals surface area contributed by atoms with Crippen LogP contribution in [0.2, 0.25) is 0 Å². The molecule has 1 aromatic rings. The number of amidine groups is 1. The smallest absolute Gasteiger partial charge is 0.251 e. The van der Waals surface area contributed by atoms with Gasteiger partial charge in [0.25, 0.3) is 5.91 Å². The van der Waals surface area contributed by atoms with E-state index in [-0.39, 0.29) is 36.8 Å². The highest BCUT2D eigenvalue weighted by Gasteiger charge is 2.53. The summed E-state index contributed by atoms with van der Waals surface area (Å²) >= 11 is 1.78. The SMILES string of the molecule is CC(C)CC(NC(=O)c1ccc(C2CSC(N3CCN(C)CC3)=N2)cc1)C(=O)N1C[C@H](F)[C@H]2OCC(=O)[C@H]21. The average molecular weight is 546 g/mol. The maximum absolute atomic E-state index is 14.5. The Bertz CT molecular complexity index is 1090. The van der Waals surface area contributed by atoms with Crippen LogP contribution in [0.25, 0.3) is 0 Å². The molecule has 9 nitrogen and oxygen atoms in total. The van der Waals surface area contributed by atoms with Gasteiger partial charge in [-0.25, -0.2) is 4.39 Å². The van der Waals surface area contributed by atoms with Gasteiger partial charge in [0.05, 0.1) is 12.6 Å². The number of halogens is 1. The number of carbonyl (C=O) groups excluding carboxylic acids is 3. The number of thioether (sulfide) groups is 1. The lowest BCUT2D eigenvalue weighted by Crippen LogP contribution is -2.52. The van der Waals surface area contributed by atoms with E-state index in [1.54, 1.807) is 23.9 Å². The minimum absolute atomic E-state index is 0.0463. The van der Waals surface area contributed by atoms with E-state index < -0.39 is 30.3 Å². The van der Waals surface area contributed by atoms with Gasteiger partial charge in [0, 0.05) is 37.5 Å². The number of aliphatic imine (C=N–C) groups is 1. The summed E-state index contributed by atoms with van der Waals surface area (Å²) in [4.78, 5) is 49.7. The number of amides is 2. The number of rotatable bonds is 6. The van der Waals surface area contributed by atoms with E-state index in [4.69, 9.17) is 9.73 Å². The Kier molecular flexibility index (Phi) is 8.06. The minimum atomic E-state index is -1.41. The fraction of sp³-hybridized carbons (Fsp3) is 0.630. The average Bonchev–Trinajstić information content (AvgIpc) is 3.62. The van der Waals surface area contributed by atoms with Crippen molar-refractivity contribution in [1.29, 1.82) is 0 Å². The van der Waals surface area contributed by atoms with E-state index >= 15 is 0 Å². The quantitative estimate of drug-likeness (QED) is 0.582. The van der Waals surface area contributed by atoms with Crippen LogP contribution in [0, 0.1) is 5.92 Å². The number of likely N-dealkylation sites (N-methyl/N-ethyl adjacent to an activating group) is 1. The second-order valence-corrected chi connectivity index (χ2v) is 12.0. The van der Waals surface area contributed by atoms with Gasteiger partial charge in [-0.1, -0.05) is 37.7 Å². The van der Waals surface area contributed by atoms with Crippen molar-refractivity contribution in [1.82, 2.24) is 20.0 Å². The summed E-state index contributed by atoms with van der Waals surface area (Å²) in [5, 5.41) is 3.94. The maximum atomic E-state index is 14.5. The van der Waals surface area contributed by atoms with Gasteiger partial charge in [-0.05, 0) is 37.1 Å². The summed E-state index contributed by atoms with van der Waals surface area (Å²) in [7, 11) is 2.13. The first-order valence-electron chi connectivity index (χ1n) is 13.3. The predicted molar refractivity (Wildman–Crippen MR) is 144 cm³/mol. The van der Waals surface area contributed by atoms with E-state index in [0.29, 0.717) is 12.0 Å². The summed E-state index contributed by atoms with van der Waals surface area (Å²) in [6.45, 7) is 7.55. The molecule has 2 unspecified atom stereocenters. The normalized spacial score (nSPS) is 28.6. The Labute approximate surface area is 227 Å². The van der Waals surface area contributed by atoms with Crippen LogP contribution in [0.5, 0.6) is 0 Å². The van der Waals surface area contributed by atoms with Gasteiger partial charge in [-0.15, -0.1) is 0 Å². The number of hydrogen-bond acceptors (Lipinski definition) is 8. The van der Waals surface area contributed by atoms with Gasteiger partial charge in [0.15, 0.2) is 11.0 Å². The van der Waals surface area contributed by atoms with Gasteiger partial charge in [-0.3, -0.25) is 19.4 Å². The van der Waals surface area contributed by atoms with Crippen molar-refractivity contribution in [3.8, 4) is 0 Å². The minimum Gasteiger partial charge on any atom is -0.365 e. The van der Waals surface area contributed by atoms with Gasteiger partial charge in [-0.2, -0.15) is 0 Å². The monoisotopic (exact) mass is 545 g/mol. The zero-order valence-corrected chi connectivity index (χ0v) is 23.0. The molecule has 0 saturated carbocycles. The molecular weight excluding hydrogens is 509 g/mol. The molecule has 206 valence electrons. The van der Waals surface area contributed by atoms with Crippen LogP contribution in [0.15, 0.2) is 29.3 Å². The Morgan fingerprint density at radius 1 is 1.18 bits per heavy atom. The molecule has 0 aliphatic carbocycles. The molecule has 0 radical (unpaired) electrons. The lowest BCUT2D eigenvalue weighted by molar-refractivity contribution is -0.138. The third-order valence-corrected chi connectivity index (χ3v) is 8.79. The molecule has 3 saturated heterocycles. The van der Waals surface area contributed by atoms with E-state index in [9.17, 15) is 18.8 Å². The Balaban J connectivity index is 1.24. The number of carbonyl (C=O) groups is 3. The first kappa shape index (κ1) is 27.1. The topological polar surface area (TPSA) is 94.6 Å². The highest BCUT2D eigenvalue weighted by molar-refractivity contribution is 8.14. The first-order valence-corrected chi connectivity index (χ1v) is 14.3. The van der Waals surface area contributed by atoms with Crippen molar-refractivity contribution < 1.29 is 23.5 Å². The van der Waals surface area contributed by atoms with Crippen LogP contribution in [-0.4, -0.2) is 114 Å². The Hall–Kier alpha value is -2.50. The molecule has 3 fully saturated rings. The molecule has 38 heavy (non-hydrogen) atoms. The number of nitrogens with zero attached hydrogens (tertiary/aromatic N) is 4. The molecule has 0 bridgehead atoms. The van der Waals surface area contributed by atoms with Crippen LogP contribution in [-0.2, 0) is 14.3 Å². The second-order valence-electron chi connectivity index (χ2n) is 11.0. The van der Waals surface area contributed by atoms with Gasteiger partial charge in [0.1, 0.15) is 31.0 Å². The summed E-state index contributed by atoms with van der Waals surface area (Å²) in [5.74, 6) is -0.133. The fourth-order valence-electron chi connectivity index (χ4n) is 5.52. The molecule has 4 heterocycles. The molecule has 1 N–H and O–H groups in total. The molecule has 4 aliphatic heterocycles. The number of alkyl halides is 1. The van der Waals surface area contributed by atoms with E-state index in [1.165, 1.54) is 4.90 Å². The Morgan fingerprint density at radius 3 is 2.58 bits per heavy atom. The van der Waals surface area contributed by atoms with Gasteiger partial charge < -0.3 is 24.8 Å². The van der Waals surface area contributed by atoms with Crippen molar-refractivity contribution >= 4 is 34.5 Å². The van der Waals surface area contributed by atoms with Crippen LogP contribution in [0.3, 0.4) is 0 Å². The van der Waals surface area contributed by atoms with E-state index in [2.05, 4.69) is 22.2 Å². The molecule has 0 aromatic heterocycles. The third-order valence-electron chi connectivity index (χ3n) is 7.68. The van der Waals surface area contributed by atoms with Crippen molar-refractivity contribution in [2.45, 2.75) is 50.7 Å².